The lowest BCUT2D eigenvalue weighted by atomic mass is 9.96. The standard InChI is InChI=1S/C15H21N3O2S/c1-17(10-5-6-16-9-10)15(20)11-8-13(19)18(2)14(11)12-4-3-7-21-12/h3-4,7,10-11,14,16H,5-6,8-9H2,1-2H3/t10-,11-,14-/m1/s1. The van der Waals surface area contributed by atoms with Gasteiger partial charge in [-0.1, -0.05) is 6.07 Å². The van der Waals surface area contributed by atoms with Crippen LogP contribution in [0.25, 0.3) is 0 Å². The molecule has 114 valence electrons. The van der Waals surface area contributed by atoms with E-state index < -0.39 is 0 Å². The average Bonchev–Trinajstić information content (AvgIpc) is 3.19. The topological polar surface area (TPSA) is 52.7 Å². The van der Waals surface area contributed by atoms with Gasteiger partial charge in [0.2, 0.25) is 11.8 Å². The number of nitrogens with one attached hydrogen (secondary N) is 1. The van der Waals surface area contributed by atoms with Gasteiger partial charge in [-0.2, -0.15) is 0 Å². The predicted molar refractivity (Wildman–Crippen MR) is 82.0 cm³/mol. The number of hydrogen-bond donors (Lipinski definition) is 1. The molecule has 3 heterocycles. The summed E-state index contributed by atoms with van der Waals surface area (Å²) in [6.45, 7) is 1.81. The summed E-state index contributed by atoms with van der Waals surface area (Å²) in [5.41, 5.74) is 0. The number of likely N-dealkylation sites (tertiary alicyclic amines) is 1. The van der Waals surface area contributed by atoms with Crippen molar-refractivity contribution in [1.82, 2.24) is 15.1 Å². The normalized spacial score (nSPS) is 29.1. The summed E-state index contributed by atoms with van der Waals surface area (Å²) in [5.74, 6) is -0.101. The first kappa shape index (κ1) is 14.5. The molecule has 21 heavy (non-hydrogen) atoms. The van der Waals surface area contributed by atoms with Crippen LogP contribution in [0.1, 0.15) is 23.8 Å². The van der Waals surface area contributed by atoms with Crippen molar-refractivity contribution in [3.63, 3.8) is 0 Å². The number of carbonyl (C=O) groups excluding carboxylic acids is 2. The molecule has 0 aliphatic carbocycles. The highest BCUT2D eigenvalue weighted by Crippen LogP contribution is 2.40. The molecule has 3 atom stereocenters. The smallest absolute Gasteiger partial charge is 0.228 e. The van der Waals surface area contributed by atoms with Crippen molar-refractivity contribution in [3.05, 3.63) is 22.4 Å². The Balaban J connectivity index is 1.81. The quantitative estimate of drug-likeness (QED) is 0.909. The fourth-order valence-corrected chi connectivity index (χ4v) is 4.28. The van der Waals surface area contributed by atoms with Gasteiger partial charge in [0.1, 0.15) is 0 Å². The highest BCUT2D eigenvalue weighted by atomic mass is 32.1. The van der Waals surface area contributed by atoms with Gasteiger partial charge in [0.25, 0.3) is 0 Å². The molecule has 2 saturated heterocycles. The number of carbonyl (C=O) groups is 2. The van der Waals surface area contributed by atoms with E-state index in [1.165, 1.54) is 0 Å². The Morgan fingerprint density at radius 3 is 2.95 bits per heavy atom. The number of thiophene rings is 1. The molecule has 0 spiro atoms. The third-order valence-electron chi connectivity index (χ3n) is 4.67. The van der Waals surface area contributed by atoms with Crippen LogP contribution in [0, 0.1) is 5.92 Å². The SMILES string of the molecule is CN(C(=O)[C@@H]1CC(=O)N(C)[C@H]1c1cccs1)[C@@H]1CCNC1. The molecule has 0 saturated carbocycles. The number of likely N-dealkylation sites (N-methyl/N-ethyl adjacent to an activating group) is 1. The molecule has 2 fully saturated rings. The Kier molecular flexibility index (Phi) is 3.99. The number of rotatable bonds is 3. The molecule has 0 unspecified atom stereocenters. The summed E-state index contributed by atoms with van der Waals surface area (Å²) in [6.07, 6.45) is 1.31. The zero-order chi connectivity index (χ0) is 15.0. The van der Waals surface area contributed by atoms with E-state index in [0.29, 0.717) is 6.42 Å². The van der Waals surface area contributed by atoms with E-state index in [1.807, 2.05) is 29.5 Å². The van der Waals surface area contributed by atoms with Crippen molar-refractivity contribution in [1.29, 1.82) is 0 Å². The summed E-state index contributed by atoms with van der Waals surface area (Å²) >= 11 is 1.61. The molecule has 1 aromatic heterocycles. The zero-order valence-electron chi connectivity index (χ0n) is 12.4. The summed E-state index contributed by atoms with van der Waals surface area (Å²) in [7, 11) is 3.67. The van der Waals surface area contributed by atoms with Crippen LogP contribution >= 0.6 is 11.3 Å². The first-order valence-electron chi connectivity index (χ1n) is 7.36. The van der Waals surface area contributed by atoms with E-state index in [1.54, 1.807) is 23.3 Å². The largest absolute Gasteiger partial charge is 0.341 e. The molecule has 3 rings (SSSR count). The van der Waals surface area contributed by atoms with Gasteiger partial charge < -0.3 is 15.1 Å². The van der Waals surface area contributed by atoms with Crippen LogP contribution < -0.4 is 5.32 Å². The average molecular weight is 307 g/mol. The summed E-state index contributed by atoms with van der Waals surface area (Å²) in [6, 6.07) is 4.13. The minimum atomic E-state index is -0.258. The lowest BCUT2D eigenvalue weighted by molar-refractivity contribution is -0.137. The molecule has 2 amide bonds. The maximum Gasteiger partial charge on any atom is 0.228 e. The van der Waals surface area contributed by atoms with Gasteiger partial charge in [-0.05, 0) is 24.4 Å². The summed E-state index contributed by atoms with van der Waals surface area (Å²) in [4.78, 5) is 29.6. The van der Waals surface area contributed by atoms with Gasteiger partial charge in [0, 0.05) is 38.0 Å². The highest BCUT2D eigenvalue weighted by Gasteiger charge is 2.45. The van der Waals surface area contributed by atoms with Crippen LogP contribution in [0.4, 0.5) is 0 Å². The Bertz CT molecular complexity index is 525. The minimum Gasteiger partial charge on any atom is -0.341 e. The van der Waals surface area contributed by atoms with E-state index in [-0.39, 0.29) is 29.8 Å². The van der Waals surface area contributed by atoms with E-state index in [9.17, 15) is 9.59 Å². The minimum absolute atomic E-state index is 0.0599. The number of hydrogen-bond acceptors (Lipinski definition) is 4. The number of nitrogens with zero attached hydrogens (tertiary/aromatic N) is 2. The van der Waals surface area contributed by atoms with Crippen molar-refractivity contribution >= 4 is 23.2 Å². The second kappa shape index (κ2) is 5.77. The fraction of sp³-hybridized carbons (Fsp3) is 0.600. The van der Waals surface area contributed by atoms with Crippen LogP contribution in [-0.2, 0) is 9.59 Å². The Hall–Kier alpha value is -1.40. The molecule has 0 bridgehead atoms. The number of amides is 2. The Morgan fingerprint density at radius 2 is 2.33 bits per heavy atom. The van der Waals surface area contributed by atoms with Crippen molar-refractivity contribution in [2.45, 2.75) is 24.9 Å². The van der Waals surface area contributed by atoms with Crippen molar-refractivity contribution < 1.29 is 9.59 Å². The van der Waals surface area contributed by atoms with Crippen molar-refractivity contribution in [3.8, 4) is 0 Å². The van der Waals surface area contributed by atoms with E-state index >= 15 is 0 Å². The lowest BCUT2D eigenvalue weighted by Gasteiger charge is -2.30. The molecular weight excluding hydrogens is 286 g/mol. The molecule has 6 heteroatoms. The first-order chi connectivity index (χ1) is 10.1. The van der Waals surface area contributed by atoms with E-state index in [2.05, 4.69) is 5.32 Å². The predicted octanol–water partition coefficient (Wildman–Crippen LogP) is 1.09. The third-order valence-corrected chi connectivity index (χ3v) is 5.61. The zero-order valence-corrected chi connectivity index (χ0v) is 13.2. The van der Waals surface area contributed by atoms with Gasteiger partial charge in [-0.3, -0.25) is 9.59 Å². The first-order valence-corrected chi connectivity index (χ1v) is 8.24. The maximum atomic E-state index is 12.9. The molecular formula is C15H21N3O2S. The second-order valence-electron chi connectivity index (χ2n) is 5.87. The fourth-order valence-electron chi connectivity index (χ4n) is 3.35. The van der Waals surface area contributed by atoms with Crippen LogP contribution in [0.5, 0.6) is 0 Å². The van der Waals surface area contributed by atoms with E-state index in [0.717, 1.165) is 24.4 Å². The highest BCUT2D eigenvalue weighted by molar-refractivity contribution is 7.10. The van der Waals surface area contributed by atoms with Crippen LogP contribution in [-0.4, -0.2) is 54.8 Å². The molecule has 5 nitrogen and oxygen atoms in total. The van der Waals surface area contributed by atoms with Crippen LogP contribution in [0.2, 0.25) is 0 Å². The van der Waals surface area contributed by atoms with Crippen LogP contribution in [0.3, 0.4) is 0 Å². The summed E-state index contributed by atoms with van der Waals surface area (Å²) < 4.78 is 0. The maximum absolute atomic E-state index is 12.9. The molecule has 0 radical (unpaired) electrons. The van der Waals surface area contributed by atoms with Gasteiger partial charge >= 0.3 is 0 Å². The molecule has 1 aromatic rings. The van der Waals surface area contributed by atoms with Gasteiger partial charge in [0.15, 0.2) is 0 Å². The van der Waals surface area contributed by atoms with Gasteiger partial charge in [-0.25, -0.2) is 0 Å². The molecule has 0 aromatic carbocycles. The third kappa shape index (κ3) is 2.58. The molecule has 1 N–H and O–H groups in total. The van der Waals surface area contributed by atoms with Crippen LogP contribution in [0.15, 0.2) is 17.5 Å². The summed E-state index contributed by atoms with van der Waals surface area (Å²) in [5, 5.41) is 5.28. The van der Waals surface area contributed by atoms with Crippen molar-refractivity contribution in [2.24, 2.45) is 5.92 Å². The Morgan fingerprint density at radius 1 is 1.52 bits per heavy atom. The van der Waals surface area contributed by atoms with Gasteiger partial charge in [-0.15, -0.1) is 11.3 Å². The molecule has 2 aliphatic heterocycles. The lowest BCUT2D eigenvalue weighted by Crippen LogP contribution is -2.43. The van der Waals surface area contributed by atoms with Gasteiger partial charge in [0.05, 0.1) is 12.0 Å². The second-order valence-corrected chi connectivity index (χ2v) is 6.85. The molecule has 2 aliphatic rings. The van der Waals surface area contributed by atoms with E-state index in [4.69, 9.17) is 0 Å². The van der Waals surface area contributed by atoms with Crippen molar-refractivity contribution in [2.75, 3.05) is 27.2 Å². The monoisotopic (exact) mass is 307 g/mol. The Labute approximate surface area is 128 Å².